The minimum Gasteiger partial charge on any atom is -0.379 e. The summed E-state index contributed by atoms with van der Waals surface area (Å²) in [7, 11) is 0. The number of hydrogen-bond acceptors (Lipinski definition) is 3. The van der Waals surface area contributed by atoms with Crippen LogP contribution in [0.15, 0.2) is 0 Å². The molecule has 14 heavy (non-hydrogen) atoms. The number of amides is 1. The lowest BCUT2D eigenvalue weighted by molar-refractivity contribution is -0.162. The molecular weight excluding hydrogens is 182 g/mol. The van der Waals surface area contributed by atoms with Gasteiger partial charge in [-0.25, -0.2) is 0 Å². The number of ketones is 1. The number of hydrogen-bond donors (Lipinski definition) is 2. The van der Waals surface area contributed by atoms with Crippen molar-refractivity contribution in [2.24, 2.45) is 5.92 Å². The molecule has 0 spiro atoms. The van der Waals surface area contributed by atoms with Crippen molar-refractivity contribution >= 4 is 11.7 Å². The standard InChI is InChI=1S/C10H15NO3/c1-2-10(14)7-5-6(11-9(10)13)3-4-8(7)12/h6-7,14H,2-5H2,1H3,(H,11,13)/t6-,7-,10+/m1/s1. The van der Waals surface area contributed by atoms with Crippen LogP contribution < -0.4 is 5.32 Å². The first kappa shape index (κ1) is 9.65. The number of carbonyl (C=O) groups excluding carboxylic acids is 2. The lowest BCUT2D eigenvalue weighted by Gasteiger charge is -2.44. The molecule has 2 aliphatic rings. The Bertz CT molecular complexity index is 289. The molecule has 4 nitrogen and oxygen atoms in total. The molecule has 1 saturated heterocycles. The minimum atomic E-state index is -1.45. The maximum Gasteiger partial charge on any atom is 0.252 e. The number of piperidine rings is 1. The molecule has 78 valence electrons. The average molecular weight is 197 g/mol. The molecule has 2 rings (SSSR count). The predicted octanol–water partition coefficient (Wildman–Crippen LogP) is -0.00490. The maximum absolute atomic E-state index is 11.6. The molecule has 2 N–H and O–H groups in total. The molecular formula is C10H15NO3. The van der Waals surface area contributed by atoms with Gasteiger partial charge in [-0.05, 0) is 19.3 Å². The fourth-order valence-electron chi connectivity index (χ4n) is 2.49. The van der Waals surface area contributed by atoms with Crippen molar-refractivity contribution in [3.63, 3.8) is 0 Å². The van der Waals surface area contributed by atoms with E-state index in [9.17, 15) is 14.7 Å². The van der Waals surface area contributed by atoms with Gasteiger partial charge >= 0.3 is 0 Å². The van der Waals surface area contributed by atoms with Gasteiger partial charge in [0.15, 0.2) is 5.60 Å². The Labute approximate surface area is 82.7 Å². The van der Waals surface area contributed by atoms with Crippen molar-refractivity contribution in [3.05, 3.63) is 0 Å². The normalized spacial score (nSPS) is 42.1. The van der Waals surface area contributed by atoms with E-state index in [-0.39, 0.29) is 17.7 Å². The lowest BCUT2D eigenvalue weighted by Crippen LogP contribution is -2.64. The van der Waals surface area contributed by atoms with Gasteiger partial charge < -0.3 is 10.4 Å². The second-order valence-electron chi connectivity index (χ2n) is 4.24. The summed E-state index contributed by atoms with van der Waals surface area (Å²) < 4.78 is 0. The summed E-state index contributed by atoms with van der Waals surface area (Å²) in [6, 6.07) is 0.0945. The van der Waals surface area contributed by atoms with Crippen LogP contribution in [-0.4, -0.2) is 28.4 Å². The van der Waals surface area contributed by atoms with E-state index in [1.165, 1.54) is 0 Å². The Morgan fingerprint density at radius 3 is 2.93 bits per heavy atom. The molecule has 1 aliphatic carbocycles. The molecule has 0 aromatic rings. The molecule has 1 heterocycles. The monoisotopic (exact) mass is 197 g/mol. The predicted molar refractivity (Wildman–Crippen MR) is 49.5 cm³/mol. The van der Waals surface area contributed by atoms with Crippen LogP contribution in [-0.2, 0) is 9.59 Å². The summed E-state index contributed by atoms with van der Waals surface area (Å²) >= 11 is 0. The van der Waals surface area contributed by atoms with Gasteiger partial charge in [-0.2, -0.15) is 0 Å². The van der Waals surface area contributed by atoms with Crippen LogP contribution in [0.4, 0.5) is 0 Å². The van der Waals surface area contributed by atoms with Crippen molar-refractivity contribution < 1.29 is 14.7 Å². The van der Waals surface area contributed by atoms with E-state index < -0.39 is 11.5 Å². The summed E-state index contributed by atoms with van der Waals surface area (Å²) in [6.45, 7) is 1.74. The fraction of sp³-hybridized carbons (Fsp3) is 0.800. The highest BCUT2D eigenvalue weighted by molar-refractivity contribution is 5.95. The zero-order valence-electron chi connectivity index (χ0n) is 8.25. The molecule has 1 amide bonds. The summed E-state index contributed by atoms with van der Waals surface area (Å²) in [5, 5.41) is 12.9. The van der Waals surface area contributed by atoms with Gasteiger partial charge in [-0.3, -0.25) is 9.59 Å². The summed E-state index contributed by atoms with van der Waals surface area (Å²) in [4.78, 5) is 23.2. The van der Waals surface area contributed by atoms with Crippen LogP contribution in [0, 0.1) is 5.92 Å². The van der Waals surface area contributed by atoms with E-state index in [0.717, 1.165) is 6.42 Å². The highest BCUT2D eigenvalue weighted by Crippen LogP contribution is 2.36. The molecule has 3 atom stereocenters. The number of fused-ring (bicyclic) bond motifs is 2. The topological polar surface area (TPSA) is 66.4 Å². The average Bonchev–Trinajstić information content (AvgIpc) is 2.18. The third-order valence-electron chi connectivity index (χ3n) is 3.49. The van der Waals surface area contributed by atoms with E-state index in [0.29, 0.717) is 19.3 Å². The Hall–Kier alpha value is -0.900. The third kappa shape index (κ3) is 1.17. The van der Waals surface area contributed by atoms with Gasteiger partial charge in [0.1, 0.15) is 5.78 Å². The summed E-state index contributed by atoms with van der Waals surface area (Å²) in [5.74, 6) is -0.797. The Morgan fingerprint density at radius 1 is 1.57 bits per heavy atom. The molecule has 0 unspecified atom stereocenters. The second-order valence-corrected chi connectivity index (χ2v) is 4.24. The van der Waals surface area contributed by atoms with E-state index in [4.69, 9.17) is 0 Å². The van der Waals surface area contributed by atoms with Gasteiger partial charge in [0, 0.05) is 12.5 Å². The summed E-state index contributed by atoms with van der Waals surface area (Å²) in [5.41, 5.74) is -1.45. The SMILES string of the molecule is CC[C@@]1(O)C(=O)N[C@@H]2CCC(=O)[C@H]1C2. The molecule has 1 saturated carbocycles. The number of rotatable bonds is 1. The molecule has 0 aromatic carbocycles. The second kappa shape index (κ2) is 3.05. The van der Waals surface area contributed by atoms with Crippen molar-refractivity contribution in [2.45, 2.75) is 44.2 Å². The molecule has 2 bridgehead atoms. The van der Waals surface area contributed by atoms with Gasteiger partial charge in [0.25, 0.3) is 5.91 Å². The highest BCUT2D eigenvalue weighted by atomic mass is 16.3. The zero-order chi connectivity index (χ0) is 10.3. The molecule has 2 fully saturated rings. The number of carbonyl (C=O) groups is 2. The van der Waals surface area contributed by atoms with E-state index in [2.05, 4.69) is 5.32 Å². The van der Waals surface area contributed by atoms with Gasteiger partial charge in [0.05, 0.1) is 5.92 Å². The summed E-state index contributed by atoms with van der Waals surface area (Å²) in [6.07, 6.45) is 2.12. The van der Waals surface area contributed by atoms with Gasteiger partial charge in [-0.15, -0.1) is 0 Å². The van der Waals surface area contributed by atoms with E-state index >= 15 is 0 Å². The van der Waals surface area contributed by atoms with Crippen LogP contribution in [0.5, 0.6) is 0 Å². The smallest absolute Gasteiger partial charge is 0.252 e. The van der Waals surface area contributed by atoms with Gasteiger partial charge in [-0.1, -0.05) is 6.92 Å². The van der Waals surface area contributed by atoms with Crippen LogP contribution in [0.25, 0.3) is 0 Å². The highest BCUT2D eigenvalue weighted by Gasteiger charge is 2.52. The zero-order valence-corrected chi connectivity index (χ0v) is 8.25. The van der Waals surface area contributed by atoms with Crippen molar-refractivity contribution in [1.82, 2.24) is 5.32 Å². The third-order valence-corrected chi connectivity index (χ3v) is 3.49. The van der Waals surface area contributed by atoms with Crippen LogP contribution in [0.1, 0.15) is 32.6 Å². The first-order chi connectivity index (χ1) is 6.58. The van der Waals surface area contributed by atoms with Crippen molar-refractivity contribution in [1.29, 1.82) is 0 Å². The Balaban J connectivity index is 2.32. The maximum atomic E-state index is 11.6. The van der Waals surface area contributed by atoms with Crippen molar-refractivity contribution in [3.8, 4) is 0 Å². The first-order valence-corrected chi connectivity index (χ1v) is 5.14. The van der Waals surface area contributed by atoms with Crippen molar-refractivity contribution in [2.75, 3.05) is 0 Å². The van der Waals surface area contributed by atoms with E-state index in [1.54, 1.807) is 6.92 Å². The number of aliphatic hydroxyl groups is 1. The molecule has 0 aromatic heterocycles. The lowest BCUT2D eigenvalue weighted by atomic mass is 9.69. The largest absolute Gasteiger partial charge is 0.379 e. The Kier molecular flexibility index (Phi) is 2.10. The molecule has 1 aliphatic heterocycles. The quantitative estimate of drug-likeness (QED) is 0.621. The fourth-order valence-corrected chi connectivity index (χ4v) is 2.49. The molecule has 4 heteroatoms. The Morgan fingerprint density at radius 2 is 2.29 bits per heavy atom. The number of Topliss-reactive ketones (excluding diaryl/α,β-unsaturated/α-hetero) is 1. The van der Waals surface area contributed by atoms with Crippen LogP contribution in [0.3, 0.4) is 0 Å². The minimum absolute atomic E-state index is 0.0421. The van der Waals surface area contributed by atoms with E-state index in [1.807, 2.05) is 0 Å². The van der Waals surface area contributed by atoms with Crippen LogP contribution >= 0.6 is 0 Å². The first-order valence-electron chi connectivity index (χ1n) is 5.14. The van der Waals surface area contributed by atoms with Crippen LogP contribution in [0.2, 0.25) is 0 Å². The number of nitrogens with one attached hydrogen (secondary N) is 1. The molecule has 0 radical (unpaired) electrons. The van der Waals surface area contributed by atoms with Gasteiger partial charge in [0.2, 0.25) is 0 Å².